The molecule has 0 N–H and O–H groups in total. The maximum atomic E-state index is 3.90. The zero-order valence-electron chi connectivity index (χ0n) is 8.87. The fourth-order valence-electron chi connectivity index (χ4n) is 1.97. The molecule has 14 heavy (non-hydrogen) atoms. The number of hydrogen-bond acceptors (Lipinski definition) is 1. The van der Waals surface area contributed by atoms with Crippen LogP contribution in [0, 0.1) is 12.8 Å². The van der Waals surface area contributed by atoms with Crippen LogP contribution in [0.25, 0.3) is 0 Å². The van der Waals surface area contributed by atoms with Gasteiger partial charge in [-0.3, -0.25) is 0 Å². The Balaban J connectivity index is 2.05. The molecule has 0 unspecified atom stereocenters. The first-order chi connectivity index (χ1) is 6.75. The van der Waals surface area contributed by atoms with Gasteiger partial charge in [0.1, 0.15) is 0 Å². The number of rotatable bonds is 1. The van der Waals surface area contributed by atoms with E-state index in [2.05, 4.69) is 43.0 Å². The SMILES string of the molecule is [CH2]c1ccc(N2CCC(C)CC2)cc1. The normalized spacial score (nSPS) is 18.6. The monoisotopic (exact) mass is 188 g/mol. The Hall–Kier alpha value is -0.980. The van der Waals surface area contributed by atoms with Crippen LogP contribution in [0.3, 0.4) is 0 Å². The molecule has 1 nitrogen and oxygen atoms in total. The first kappa shape index (κ1) is 9.57. The van der Waals surface area contributed by atoms with E-state index in [1.54, 1.807) is 0 Å². The lowest BCUT2D eigenvalue weighted by atomic mass is 9.99. The number of anilines is 1. The molecule has 0 atom stereocenters. The Morgan fingerprint density at radius 3 is 2.29 bits per heavy atom. The van der Waals surface area contributed by atoms with E-state index in [0.717, 1.165) is 11.5 Å². The van der Waals surface area contributed by atoms with Crippen molar-refractivity contribution in [3.63, 3.8) is 0 Å². The van der Waals surface area contributed by atoms with Crippen LogP contribution < -0.4 is 4.90 Å². The average Bonchev–Trinajstić information content (AvgIpc) is 2.21. The van der Waals surface area contributed by atoms with Crippen molar-refractivity contribution in [1.29, 1.82) is 0 Å². The lowest BCUT2D eigenvalue weighted by Crippen LogP contribution is -2.32. The van der Waals surface area contributed by atoms with Crippen LogP contribution in [0.1, 0.15) is 25.3 Å². The zero-order valence-corrected chi connectivity index (χ0v) is 8.87. The lowest BCUT2D eigenvalue weighted by Gasteiger charge is -2.32. The molecule has 2 rings (SSSR count). The van der Waals surface area contributed by atoms with Gasteiger partial charge in [-0.25, -0.2) is 0 Å². The predicted molar refractivity (Wildman–Crippen MR) is 61.5 cm³/mol. The van der Waals surface area contributed by atoms with Gasteiger partial charge in [0.05, 0.1) is 0 Å². The Bertz CT molecular complexity index is 281. The first-order valence-corrected chi connectivity index (χ1v) is 5.42. The smallest absolute Gasteiger partial charge is 0.0366 e. The van der Waals surface area contributed by atoms with Crippen molar-refractivity contribution in [2.75, 3.05) is 18.0 Å². The molecule has 1 heteroatoms. The van der Waals surface area contributed by atoms with Gasteiger partial charge in [-0.15, -0.1) is 0 Å². The summed E-state index contributed by atoms with van der Waals surface area (Å²) < 4.78 is 0. The first-order valence-electron chi connectivity index (χ1n) is 5.42. The van der Waals surface area contributed by atoms with Crippen molar-refractivity contribution < 1.29 is 0 Å². The highest BCUT2D eigenvalue weighted by atomic mass is 15.1. The number of nitrogens with zero attached hydrogens (tertiary/aromatic N) is 1. The fourth-order valence-corrected chi connectivity index (χ4v) is 1.97. The lowest BCUT2D eigenvalue weighted by molar-refractivity contribution is 0.438. The summed E-state index contributed by atoms with van der Waals surface area (Å²) in [6, 6.07) is 8.54. The zero-order chi connectivity index (χ0) is 9.97. The maximum absolute atomic E-state index is 3.90. The van der Waals surface area contributed by atoms with Crippen molar-refractivity contribution in [2.24, 2.45) is 5.92 Å². The minimum absolute atomic E-state index is 0.901. The van der Waals surface area contributed by atoms with Gasteiger partial charge in [-0.05, 0) is 43.4 Å². The molecule has 1 saturated heterocycles. The highest BCUT2D eigenvalue weighted by Crippen LogP contribution is 2.22. The molecule has 1 fully saturated rings. The van der Waals surface area contributed by atoms with Gasteiger partial charge < -0.3 is 4.90 Å². The molecule has 0 bridgehead atoms. The molecule has 75 valence electrons. The summed E-state index contributed by atoms with van der Waals surface area (Å²) >= 11 is 0. The highest BCUT2D eigenvalue weighted by Gasteiger charge is 2.15. The van der Waals surface area contributed by atoms with Gasteiger partial charge in [-0.1, -0.05) is 19.1 Å². The Labute approximate surface area is 86.7 Å². The van der Waals surface area contributed by atoms with Gasteiger partial charge in [0, 0.05) is 18.8 Å². The van der Waals surface area contributed by atoms with Crippen molar-refractivity contribution >= 4 is 5.69 Å². The van der Waals surface area contributed by atoms with E-state index in [0.29, 0.717) is 0 Å². The van der Waals surface area contributed by atoms with Crippen LogP contribution in [0.15, 0.2) is 24.3 Å². The third-order valence-electron chi connectivity index (χ3n) is 3.09. The van der Waals surface area contributed by atoms with Crippen molar-refractivity contribution in [1.82, 2.24) is 0 Å². The Morgan fingerprint density at radius 2 is 1.71 bits per heavy atom. The predicted octanol–water partition coefficient (Wildman–Crippen LogP) is 3.11. The Morgan fingerprint density at radius 1 is 1.14 bits per heavy atom. The molecular formula is C13H18N. The van der Waals surface area contributed by atoms with Crippen molar-refractivity contribution in [3.8, 4) is 0 Å². The molecule has 0 spiro atoms. The van der Waals surface area contributed by atoms with E-state index < -0.39 is 0 Å². The third kappa shape index (κ3) is 2.09. The van der Waals surface area contributed by atoms with E-state index >= 15 is 0 Å². The van der Waals surface area contributed by atoms with Gasteiger partial charge in [0.25, 0.3) is 0 Å². The quantitative estimate of drug-likeness (QED) is 0.654. The second kappa shape index (κ2) is 4.04. The van der Waals surface area contributed by atoms with Crippen molar-refractivity contribution in [3.05, 3.63) is 36.8 Å². The molecular weight excluding hydrogens is 170 g/mol. The van der Waals surface area contributed by atoms with Crippen molar-refractivity contribution in [2.45, 2.75) is 19.8 Å². The molecule has 0 aliphatic carbocycles. The fraction of sp³-hybridized carbons (Fsp3) is 0.462. The molecule has 0 saturated carbocycles. The maximum Gasteiger partial charge on any atom is 0.0366 e. The summed E-state index contributed by atoms with van der Waals surface area (Å²) in [6.45, 7) is 8.66. The topological polar surface area (TPSA) is 3.24 Å². The summed E-state index contributed by atoms with van der Waals surface area (Å²) in [5.41, 5.74) is 2.45. The summed E-state index contributed by atoms with van der Waals surface area (Å²) in [5.74, 6) is 0.901. The van der Waals surface area contributed by atoms with Gasteiger partial charge in [0.2, 0.25) is 0 Å². The van der Waals surface area contributed by atoms with Crippen LogP contribution in [0.4, 0.5) is 5.69 Å². The third-order valence-corrected chi connectivity index (χ3v) is 3.09. The molecule has 1 aromatic carbocycles. The molecule has 0 aromatic heterocycles. The second-order valence-electron chi connectivity index (χ2n) is 4.34. The minimum Gasteiger partial charge on any atom is -0.372 e. The number of hydrogen-bond donors (Lipinski definition) is 0. The second-order valence-corrected chi connectivity index (χ2v) is 4.34. The number of benzene rings is 1. The van der Waals surface area contributed by atoms with E-state index in [9.17, 15) is 0 Å². The van der Waals surface area contributed by atoms with Crippen LogP contribution in [0.2, 0.25) is 0 Å². The molecule has 1 heterocycles. The van der Waals surface area contributed by atoms with Crippen LogP contribution in [-0.2, 0) is 0 Å². The summed E-state index contributed by atoms with van der Waals surface area (Å²) in [4.78, 5) is 2.47. The number of piperidine rings is 1. The van der Waals surface area contributed by atoms with Gasteiger partial charge >= 0.3 is 0 Å². The van der Waals surface area contributed by atoms with E-state index in [-0.39, 0.29) is 0 Å². The van der Waals surface area contributed by atoms with Crippen LogP contribution >= 0.6 is 0 Å². The standard InChI is InChI=1S/C13H18N/c1-11-3-5-13(6-4-11)14-9-7-12(2)8-10-14/h3-6,12H,1,7-10H2,2H3. The molecule has 1 aromatic rings. The van der Waals surface area contributed by atoms with Gasteiger partial charge in [0.15, 0.2) is 0 Å². The largest absolute Gasteiger partial charge is 0.372 e. The summed E-state index contributed by atoms with van der Waals surface area (Å²) in [5, 5.41) is 0. The molecule has 0 amide bonds. The molecule has 1 radical (unpaired) electrons. The average molecular weight is 188 g/mol. The Kier molecular flexibility index (Phi) is 2.76. The van der Waals surface area contributed by atoms with Gasteiger partial charge in [-0.2, -0.15) is 0 Å². The van der Waals surface area contributed by atoms with E-state index in [1.165, 1.54) is 31.6 Å². The minimum atomic E-state index is 0.901. The summed E-state index contributed by atoms with van der Waals surface area (Å²) in [6.07, 6.45) is 2.65. The van der Waals surface area contributed by atoms with E-state index in [1.807, 2.05) is 0 Å². The molecule has 1 aliphatic rings. The van der Waals surface area contributed by atoms with E-state index in [4.69, 9.17) is 0 Å². The molecule has 1 aliphatic heterocycles. The highest BCUT2D eigenvalue weighted by molar-refractivity contribution is 5.48. The summed E-state index contributed by atoms with van der Waals surface area (Å²) in [7, 11) is 0. The van der Waals surface area contributed by atoms with Crippen LogP contribution in [-0.4, -0.2) is 13.1 Å². The van der Waals surface area contributed by atoms with Crippen LogP contribution in [0.5, 0.6) is 0 Å².